The van der Waals surface area contributed by atoms with Crippen molar-refractivity contribution < 1.29 is 4.42 Å². The van der Waals surface area contributed by atoms with Crippen molar-refractivity contribution in [3.63, 3.8) is 0 Å². The Hall–Kier alpha value is -7.86. The van der Waals surface area contributed by atoms with Gasteiger partial charge in [0.05, 0.1) is 27.5 Å². The highest BCUT2D eigenvalue weighted by atomic mass is 32.1. The first-order chi connectivity index (χ1) is 28.7. The van der Waals surface area contributed by atoms with Crippen molar-refractivity contribution in [1.82, 2.24) is 24.9 Å². The molecule has 4 heterocycles. The number of hydrogen-bond donors (Lipinski definition) is 0. The molecule has 270 valence electrons. The monoisotopic (exact) mass is 760 g/mol. The van der Waals surface area contributed by atoms with Crippen molar-refractivity contribution in [2.45, 2.75) is 0 Å². The van der Waals surface area contributed by atoms with Gasteiger partial charge in [0.25, 0.3) is 0 Å². The van der Waals surface area contributed by atoms with Crippen LogP contribution in [0.3, 0.4) is 0 Å². The lowest BCUT2D eigenvalue weighted by Crippen LogP contribution is -2.00. The summed E-state index contributed by atoms with van der Waals surface area (Å²) in [6.45, 7) is 0. The zero-order valence-electron chi connectivity index (χ0n) is 30.7. The number of nitriles is 1. The van der Waals surface area contributed by atoms with Crippen molar-refractivity contribution in [1.29, 1.82) is 5.26 Å². The molecule has 11 aromatic rings. The predicted molar refractivity (Wildman–Crippen MR) is 233 cm³/mol. The number of thiophene rings is 1. The third-order valence-corrected chi connectivity index (χ3v) is 11.6. The molecule has 58 heavy (non-hydrogen) atoms. The number of rotatable bonds is 6. The molecule has 7 nitrogen and oxygen atoms in total. The van der Waals surface area contributed by atoms with Gasteiger partial charge in [0.1, 0.15) is 11.2 Å². The maximum atomic E-state index is 9.67. The highest BCUT2D eigenvalue weighted by Gasteiger charge is 2.19. The Morgan fingerprint density at radius 2 is 1.02 bits per heavy atom. The van der Waals surface area contributed by atoms with E-state index in [-0.39, 0.29) is 0 Å². The molecule has 0 atom stereocenters. The van der Waals surface area contributed by atoms with Crippen LogP contribution >= 0.6 is 11.3 Å². The molecular weight excluding hydrogens is 733 g/mol. The molecule has 4 aromatic heterocycles. The molecule has 11 rings (SSSR count). The zero-order chi connectivity index (χ0) is 38.6. The fourth-order valence-electron chi connectivity index (χ4n) is 7.55. The van der Waals surface area contributed by atoms with E-state index < -0.39 is 0 Å². The van der Waals surface area contributed by atoms with Crippen LogP contribution in [0.5, 0.6) is 0 Å². The van der Waals surface area contributed by atoms with Gasteiger partial charge in [-0.15, -0.1) is 11.3 Å². The molecule has 0 amide bonds. The summed E-state index contributed by atoms with van der Waals surface area (Å²) in [5.41, 5.74) is 10.3. The topological polar surface area (TPSA) is 101 Å². The lowest BCUT2D eigenvalue weighted by molar-refractivity contribution is 0.669. The van der Waals surface area contributed by atoms with Crippen molar-refractivity contribution in [3.8, 4) is 74.0 Å². The van der Waals surface area contributed by atoms with E-state index in [9.17, 15) is 5.26 Å². The Labute approximate surface area is 336 Å². The van der Waals surface area contributed by atoms with E-state index in [1.807, 2.05) is 121 Å². The first kappa shape index (κ1) is 33.5. The first-order valence-electron chi connectivity index (χ1n) is 18.8. The summed E-state index contributed by atoms with van der Waals surface area (Å²) in [5, 5.41) is 12.7. The van der Waals surface area contributed by atoms with Gasteiger partial charge in [-0.25, -0.2) is 24.9 Å². The molecule has 0 aliphatic heterocycles. The summed E-state index contributed by atoms with van der Waals surface area (Å²) in [4.78, 5) is 25.2. The quantitative estimate of drug-likeness (QED) is 0.166. The summed E-state index contributed by atoms with van der Waals surface area (Å²) in [7, 11) is 0. The minimum atomic E-state index is 0.531. The van der Waals surface area contributed by atoms with Crippen LogP contribution in [0.2, 0.25) is 0 Å². The van der Waals surface area contributed by atoms with Gasteiger partial charge >= 0.3 is 0 Å². The van der Waals surface area contributed by atoms with Crippen LogP contribution < -0.4 is 0 Å². The average molecular weight is 761 g/mol. The normalized spacial score (nSPS) is 11.4. The van der Waals surface area contributed by atoms with Crippen molar-refractivity contribution in [2.24, 2.45) is 0 Å². The van der Waals surface area contributed by atoms with Crippen molar-refractivity contribution in [3.05, 3.63) is 175 Å². The Kier molecular flexibility index (Phi) is 7.91. The van der Waals surface area contributed by atoms with Crippen LogP contribution in [0.15, 0.2) is 174 Å². The van der Waals surface area contributed by atoms with Crippen LogP contribution in [0.25, 0.3) is 110 Å². The van der Waals surface area contributed by atoms with Crippen LogP contribution in [0, 0.1) is 11.3 Å². The number of aromatic nitrogens is 5. The highest BCUT2D eigenvalue weighted by molar-refractivity contribution is 7.26. The van der Waals surface area contributed by atoms with Gasteiger partial charge in [-0.1, -0.05) is 127 Å². The number of furan rings is 1. The van der Waals surface area contributed by atoms with E-state index in [1.54, 1.807) is 11.3 Å². The molecule has 7 aromatic carbocycles. The lowest BCUT2D eigenvalue weighted by atomic mass is 9.99. The maximum Gasteiger partial charge on any atom is 0.164 e. The van der Waals surface area contributed by atoms with E-state index in [0.29, 0.717) is 28.9 Å². The van der Waals surface area contributed by atoms with Crippen LogP contribution in [-0.4, -0.2) is 24.9 Å². The van der Waals surface area contributed by atoms with E-state index in [1.165, 1.54) is 4.70 Å². The van der Waals surface area contributed by atoms with Gasteiger partial charge in [0, 0.05) is 48.7 Å². The van der Waals surface area contributed by atoms with Gasteiger partial charge in [0.15, 0.2) is 23.3 Å². The van der Waals surface area contributed by atoms with E-state index in [2.05, 4.69) is 54.6 Å². The van der Waals surface area contributed by atoms with E-state index >= 15 is 0 Å². The molecule has 0 radical (unpaired) electrons. The molecule has 0 aliphatic carbocycles. The second-order valence-corrected chi connectivity index (χ2v) is 15.0. The third-order valence-electron chi connectivity index (χ3n) is 10.4. The van der Waals surface area contributed by atoms with Gasteiger partial charge in [-0.05, 0) is 53.6 Å². The van der Waals surface area contributed by atoms with Crippen LogP contribution in [0.4, 0.5) is 0 Å². The highest BCUT2D eigenvalue weighted by Crippen LogP contribution is 2.40. The Balaban J connectivity index is 1.01. The Bertz CT molecular complexity index is 3410. The van der Waals surface area contributed by atoms with E-state index in [4.69, 9.17) is 29.3 Å². The van der Waals surface area contributed by atoms with E-state index in [0.717, 1.165) is 82.2 Å². The molecule has 0 N–H and O–H groups in total. The third kappa shape index (κ3) is 5.77. The summed E-state index contributed by atoms with van der Waals surface area (Å²) >= 11 is 1.73. The van der Waals surface area contributed by atoms with Crippen LogP contribution in [0.1, 0.15) is 5.56 Å². The fraction of sp³-hybridized carbons (Fsp3) is 0. The summed E-state index contributed by atoms with van der Waals surface area (Å²) in [6, 6.07) is 58.8. The van der Waals surface area contributed by atoms with Crippen molar-refractivity contribution >= 4 is 53.6 Å². The van der Waals surface area contributed by atoms with Gasteiger partial charge in [0.2, 0.25) is 0 Å². The molecular formula is C50H28N6OS. The average Bonchev–Trinajstić information content (AvgIpc) is 3.87. The molecule has 0 unspecified atom stereocenters. The largest absolute Gasteiger partial charge is 0.456 e. The Morgan fingerprint density at radius 1 is 0.431 bits per heavy atom. The SMILES string of the molecule is N#Cc1ccccc1-c1ccc(-c2nc(-c3ccccc3)nc(-c3ccc4c(c3)oc3ccc(-c5nc(-c6ccccc6)c6sc7ccccc7c6n5)cc34)n2)cc1. The van der Waals surface area contributed by atoms with Gasteiger partial charge in [-0.3, -0.25) is 0 Å². The number of fused-ring (bicyclic) bond motifs is 6. The Morgan fingerprint density at radius 3 is 1.79 bits per heavy atom. The molecule has 0 saturated heterocycles. The number of benzene rings is 7. The predicted octanol–water partition coefficient (Wildman–Crippen LogP) is 12.8. The van der Waals surface area contributed by atoms with Gasteiger partial charge < -0.3 is 4.42 Å². The lowest BCUT2D eigenvalue weighted by Gasteiger charge is -2.09. The minimum Gasteiger partial charge on any atom is -0.456 e. The number of hydrogen-bond acceptors (Lipinski definition) is 8. The van der Waals surface area contributed by atoms with Crippen molar-refractivity contribution in [2.75, 3.05) is 0 Å². The molecule has 0 aliphatic rings. The summed E-state index contributed by atoms with van der Waals surface area (Å²) in [5.74, 6) is 2.31. The fourth-order valence-corrected chi connectivity index (χ4v) is 8.70. The molecule has 0 spiro atoms. The van der Waals surface area contributed by atoms with Gasteiger partial charge in [-0.2, -0.15) is 5.26 Å². The second kappa shape index (κ2) is 13.7. The molecule has 0 fully saturated rings. The smallest absolute Gasteiger partial charge is 0.164 e. The zero-order valence-corrected chi connectivity index (χ0v) is 31.5. The van der Waals surface area contributed by atoms with Crippen LogP contribution in [-0.2, 0) is 0 Å². The minimum absolute atomic E-state index is 0.531. The number of nitrogens with zero attached hydrogens (tertiary/aromatic N) is 6. The first-order valence-corrected chi connectivity index (χ1v) is 19.6. The molecule has 0 bridgehead atoms. The molecule has 8 heteroatoms. The standard InChI is InChI=1S/C50H28N6OS/c51-29-36-15-7-8-16-37(36)30-19-21-33(22-20-30)48-54-47(32-13-5-2-6-14-32)55-50(56-48)35-23-25-38-40-27-34(24-26-41(40)57-42(38)28-35)49-52-44(31-11-3-1-4-12-31)46-45(53-49)39-17-9-10-18-43(39)58-46/h1-28H. The second-order valence-electron chi connectivity index (χ2n) is 14.0. The maximum absolute atomic E-state index is 9.67. The summed E-state index contributed by atoms with van der Waals surface area (Å²) in [6.07, 6.45) is 0. The molecule has 0 saturated carbocycles. The summed E-state index contributed by atoms with van der Waals surface area (Å²) < 4.78 is 8.75.